The van der Waals surface area contributed by atoms with E-state index in [0.29, 0.717) is 18.7 Å². The Bertz CT molecular complexity index is 647. The molecule has 0 aliphatic rings. The highest BCUT2D eigenvalue weighted by Crippen LogP contribution is 2.23. The van der Waals surface area contributed by atoms with E-state index in [1.807, 2.05) is 37.3 Å². The van der Waals surface area contributed by atoms with Gasteiger partial charge in [0.05, 0.1) is 25.0 Å². The van der Waals surface area contributed by atoms with Crippen LogP contribution in [0.15, 0.2) is 42.5 Å². The van der Waals surface area contributed by atoms with Crippen LogP contribution in [0, 0.1) is 11.3 Å². The number of ether oxygens (including phenoxy) is 2. The third-order valence-corrected chi connectivity index (χ3v) is 3.04. The molecule has 0 aromatic heterocycles. The molecule has 21 heavy (non-hydrogen) atoms. The van der Waals surface area contributed by atoms with Gasteiger partial charge < -0.3 is 14.8 Å². The van der Waals surface area contributed by atoms with E-state index in [2.05, 4.69) is 11.4 Å². The molecule has 0 saturated heterocycles. The summed E-state index contributed by atoms with van der Waals surface area (Å²) in [6.45, 7) is 3.22. The molecule has 0 aliphatic carbocycles. The molecule has 0 heterocycles. The van der Waals surface area contributed by atoms with Crippen molar-refractivity contribution in [2.24, 2.45) is 0 Å². The van der Waals surface area contributed by atoms with Gasteiger partial charge in [-0.15, -0.1) is 0 Å². The highest BCUT2D eigenvalue weighted by molar-refractivity contribution is 5.60. The minimum atomic E-state index is 0.594. The van der Waals surface area contributed by atoms with E-state index < -0.39 is 0 Å². The number of anilines is 1. The van der Waals surface area contributed by atoms with E-state index in [1.54, 1.807) is 19.2 Å². The fourth-order valence-corrected chi connectivity index (χ4v) is 2.00. The van der Waals surface area contributed by atoms with Crippen molar-refractivity contribution in [3.63, 3.8) is 0 Å². The maximum Gasteiger partial charge on any atom is 0.121 e. The summed E-state index contributed by atoms with van der Waals surface area (Å²) in [6, 6.07) is 15.4. The predicted octanol–water partition coefficient (Wildman–Crippen LogP) is 3.58. The summed E-state index contributed by atoms with van der Waals surface area (Å²) in [7, 11) is 1.61. The van der Waals surface area contributed by atoms with E-state index in [-0.39, 0.29) is 0 Å². The summed E-state index contributed by atoms with van der Waals surface area (Å²) in [5.74, 6) is 1.57. The van der Waals surface area contributed by atoms with Crippen molar-refractivity contribution in [3.05, 3.63) is 53.6 Å². The Labute approximate surface area is 124 Å². The van der Waals surface area contributed by atoms with Crippen LogP contribution in [0.5, 0.6) is 11.5 Å². The first kappa shape index (κ1) is 14.7. The number of rotatable bonds is 6. The lowest BCUT2D eigenvalue weighted by Gasteiger charge is -2.11. The molecule has 2 aromatic carbocycles. The summed E-state index contributed by atoms with van der Waals surface area (Å²) in [6.07, 6.45) is 0. The summed E-state index contributed by atoms with van der Waals surface area (Å²) in [5, 5.41) is 12.4. The second-order valence-electron chi connectivity index (χ2n) is 4.46. The minimum Gasteiger partial charge on any atom is -0.497 e. The zero-order chi connectivity index (χ0) is 15.1. The second kappa shape index (κ2) is 7.20. The first-order chi connectivity index (χ1) is 10.3. The molecule has 0 radical (unpaired) electrons. The normalized spacial score (nSPS) is 9.76. The lowest BCUT2D eigenvalue weighted by Crippen LogP contribution is -2.02. The molecule has 0 aliphatic heterocycles. The zero-order valence-corrected chi connectivity index (χ0v) is 12.2. The molecule has 0 unspecified atom stereocenters. The predicted molar refractivity (Wildman–Crippen MR) is 82.6 cm³/mol. The van der Waals surface area contributed by atoms with Crippen LogP contribution in [0.25, 0.3) is 0 Å². The number of hydrogen-bond donors (Lipinski definition) is 1. The number of methoxy groups -OCH3 is 1. The van der Waals surface area contributed by atoms with Gasteiger partial charge in [-0.2, -0.15) is 5.26 Å². The number of nitriles is 1. The van der Waals surface area contributed by atoms with Crippen LogP contribution in [0.1, 0.15) is 18.1 Å². The van der Waals surface area contributed by atoms with Gasteiger partial charge in [-0.25, -0.2) is 0 Å². The van der Waals surface area contributed by atoms with E-state index in [1.165, 1.54) is 0 Å². The van der Waals surface area contributed by atoms with Gasteiger partial charge in [-0.1, -0.05) is 12.1 Å². The molecular weight excluding hydrogens is 264 g/mol. The van der Waals surface area contributed by atoms with E-state index in [0.717, 1.165) is 22.7 Å². The van der Waals surface area contributed by atoms with Gasteiger partial charge >= 0.3 is 0 Å². The highest BCUT2D eigenvalue weighted by Gasteiger charge is 2.04. The quantitative estimate of drug-likeness (QED) is 0.880. The molecule has 0 fully saturated rings. The van der Waals surface area contributed by atoms with Crippen molar-refractivity contribution in [2.45, 2.75) is 13.5 Å². The highest BCUT2D eigenvalue weighted by atomic mass is 16.5. The Morgan fingerprint density at radius 3 is 2.71 bits per heavy atom. The topological polar surface area (TPSA) is 54.3 Å². The third kappa shape index (κ3) is 3.90. The van der Waals surface area contributed by atoms with Crippen molar-refractivity contribution in [2.75, 3.05) is 19.0 Å². The molecule has 108 valence electrons. The number of nitrogens with zero attached hydrogens (tertiary/aromatic N) is 1. The first-order valence-electron chi connectivity index (χ1n) is 6.80. The van der Waals surface area contributed by atoms with E-state index >= 15 is 0 Å². The Balaban J connectivity index is 2.12. The van der Waals surface area contributed by atoms with Crippen LogP contribution in [0.2, 0.25) is 0 Å². The van der Waals surface area contributed by atoms with Gasteiger partial charge in [0.25, 0.3) is 0 Å². The van der Waals surface area contributed by atoms with Gasteiger partial charge in [0.2, 0.25) is 0 Å². The lowest BCUT2D eigenvalue weighted by molar-refractivity contribution is 0.340. The van der Waals surface area contributed by atoms with Gasteiger partial charge in [0, 0.05) is 12.6 Å². The Morgan fingerprint density at radius 2 is 2.00 bits per heavy atom. The summed E-state index contributed by atoms with van der Waals surface area (Å²) < 4.78 is 10.7. The number of benzene rings is 2. The smallest absolute Gasteiger partial charge is 0.121 e. The molecular formula is C17H18N2O2. The Kier molecular flexibility index (Phi) is 5.05. The van der Waals surface area contributed by atoms with Gasteiger partial charge in [0.1, 0.15) is 17.6 Å². The molecule has 2 aromatic rings. The summed E-state index contributed by atoms with van der Waals surface area (Å²) >= 11 is 0. The monoisotopic (exact) mass is 282 g/mol. The fraction of sp³-hybridized carbons (Fsp3) is 0.235. The van der Waals surface area contributed by atoms with Crippen LogP contribution in [-0.2, 0) is 6.54 Å². The van der Waals surface area contributed by atoms with Crippen molar-refractivity contribution in [3.8, 4) is 17.6 Å². The lowest BCUT2D eigenvalue weighted by atomic mass is 10.1. The first-order valence-corrected chi connectivity index (χ1v) is 6.80. The molecule has 4 nitrogen and oxygen atoms in total. The van der Waals surface area contributed by atoms with Crippen molar-refractivity contribution in [1.82, 2.24) is 0 Å². The molecule has 0 saturated carbocycles. The molecule has 4 heteroatoms. The molecule has 2 rings (SSSR count). The van der Waals surface area contributed by atoms with Gasteiger partial charge in [0.15, 0.2) is 0 Å². The standard InChI is InChI=1S/C17H18N2O2/c1-3-21-16-6-4-5-13(9-16)12-19-17-10-15(20-2)8-7-14(17)11-18/h4-10,19H,3,12H2,1-2H3. The van der Waals surface area contributed by atoms with Crippen LogP contribution in [0.4, 0.5) is 5.69 Å². The average molecular weight is 282 g/mol. The van der Waals surface area contributed by atoms with Crippen LogP contribution in [0.3, 0.4) is 0 Å². The van der Waals surface area contributed by atoms with Gasteiger partial charge in [-0.3, -0.25) is 0 Å². The van der Waals surface area contributed by atoms with E-state index in [9.17, 15) is 0 Å². The average Bonchev–Trinajstić information content (AvgIpc) is 2.53. The van der Waals surface area contributed by atoms with Crippen LogP contribution < -0.4 is 14.8 Å². The Hall–Kier alpha value is -2.67. The minimum absolute atomic E-state index is 0.594. The van der Waals surface area contributed by atoms with Crippen LogP contribution in [-0.4, -0.2) is 13.7 Å². The van der Waals surface area contributed by atoms with Crippen molar-refractivity contribution in [1.29, 1.82) is 5.26 Å². The molecule has 0 spiro atoms. The zero-order valence-electron chi connectivity index (χ0n) is 12.2. The molecule has 0 bridgehead atoms. The van der Waals surface area contributed by atoms with Crippen molar-refractivity contribution >= 4 is 5.69 Å². The molecule has 0 amide bonds. The maximum atomic E-state index is 9.14. The number of nitrogens with one attached hydrogen (secondary N) is 1. The summed E-state index contributed by atoms with van der Waals surface area (Å²) in [5.41, 5.74) is 2.45. The number of hydrogen-bond acceptors (Lipinski definition) is 4. The SMILES string of the molecule is CCOc1cccc(CNc2cc(OC)ccc2C#N)c1. The third-order valence-electron chi connectivity index (χ3n) is 3.04. The van der Waals surface area contributed by atoms with Gasteiger partial charge in [-0.05, 0) is 36.8 Å². The Morgan fingerprint density at radius 1 is 1.14 bits per heavy atom. The summed E-state index contributed by atoms with van der Waals surface area (Å²) in [4.78, 5) is 0. The molecule has 1 N–H and O–H groups in total. The van der Waals surface area contributed by atoms with E-state index in [4.69, 9.17) is 14.7 Å². The second-order valence-corrected chi connectivity index (χ2v) is 4.46. The molecule has 0 atom stereocenters. The maximum absolute atomic E-state index is 9.14. The fourth-order valence-electron chi connectivity index (χ4n) is 2.00. The van der Waals surface area contributed by atoms with Crippen molar-refractivity contribution < 1.29 is 9.47 Å². The largest absolute Gasteiger partial charge is 0.497 e. The van der Waals surface area contributed by atoms with Crippen LogP contribution >= 0.6 is 0 Å².